The Kier molecular flexibility index (Phi) is 3.65. The summed E-state index contributed by atoms with van der Waals surface area (Å²) in [6, 6.07) is 5.92. The van der Waals surface area contributed by atoms with Gasteiger partial charge in [-0.3, -0.25) is 4.98 Å². The highest BCUT2D eigenvalue weighted by Crippen LogP contribution is 2.02. The highest BCUT2D eigenvalue weighted by molar-refractivity contribution is 5.40. The van der Waals surface area contributed by atoms with Crippen molar-refractivity contribution < 1.29 is 0 Å². The summed E-state index contributed by atoms with van der Waals surface area (Å²) in [6.07, 6.45) is 4.98. The summed E-state index contributed by atoms with van der Waals surface area (Å²) in [7, 11) is 0. The second-order valence-corrected chi connectivity index (χ2v) is 2.42. The van der Waals surface area contributed by atoms with Crippen LogP contribution in [-0.2, 0) is 0 Å². The van der Waals surface area contributed by atoms with Gasteiger partial charge in [0.2, 0.25) is 0 Å². The summed E-state index contributed by atoms with van der Waals surface area (Å²) in [4.78, 5) is 3.90. The van der Waals surface area contributed by atoms with Crippen molar-refractivity contribution >= 4 is 5.69 Å². The van der Waals surface area contributed by atoms with Gasteiger partial charge in [-0.05, 0) is 18.6 Å². The summed E-state index contributed by atoms with van der Waals surface area (Å²) in [5, 5.41) is 11.5. The smallest absolute Gasteiger partial charge is 0.0622 e. The van der Waals surface area contributed by atoms with Gasteiger partial charge in [0.05, 0.1) is 6.07 Å². The number of unbranched alkanes of at least 4 members (excludes halogenated alkanes) is 1. The molecule has 0 aliphatic carbocycles. The number of anilines is 1. The number of hydrogen-bond acceptors (Lipinski definition) is 3. The van der Waals surface area contributed by atoms with Crippen LogP contribution in [0, 0.1) is 11.3 Å². The molecule has 3 nitrogen and oxygen atoms in total. The van der Waals surface area contributed by atoms with Crippen LogP contribution in [0.4, 0.5) is 5.69 Å². The molecule has 0 atom stereocenters. The predicted molar refractivity (Wildman–Crippen MR) is 47.6 cm³/mol. The molecule has 62 valence electrons. The first-order chi connectivity index (χ1) is 5.93. The van der Waals surface area contributed by atoms with Crippen molar-refractivity contribution in [3.8, 4) is 6.07 Å². The van der Waals surface area contributed by atoms with Crippen LogP contribution in [0.15, 0.2) is 24.5 Å². The maximum Gasteiger partial charge on any atom is 0.0622 e. The van der Waals surface area contributed by atoms with Gasteiger partial charge in [0.15, 0.2) is 0 Å². The van der Waals surface area contributed by atoms with E-state index in [0.717, 1.165) is 18.7 Å². The van der Waals surface area contributed by atoms with E-state index in [-0.39, 0.29) is 0 Å². The minimum Gasteiger partial charge on any atom is -0.385 e. The van der Waals surface area contributed by atoms with Crippen molar-refractivity contribution in [2.45, 2.75) is 12.8 Å². The molecular formula is C9H11N3. The van der Waals surface area contributed by atoms with Gasteiger partial charge in [-0.25, -0.2) is 0 Å². The van der Waals surface area contributed by atoms with Gasteiger partial charge in [-0.15, -0.1) is 0 Å². The van der Waals surface area contributed by atoms with Crippen LogP contribution >= 0.6 is 0 Å². The lowest BCUT2D eigenvalue weighted by molar-refractivity contribution is 0.897. The van der Waals surface area contributed by atoms with Gasteiger partial charge >= 0.3 is 0 Å². The predicted octanol–water partition coefficient (Wildman–Crippen LogP) is 1.80. The molecule has 1 heterocycles. The van der Waals surface area contributed by atoms with Crippen molar-refractivity contribution in [1.29, 1.82) is 5.26 Å². The second-order valence-electron chi connectivity index (χ2n) is 2.42. The monoisotopic (exact) mass is 161 g/mol. The number of pyridine rings is 1. The first kappa shape index (κ1) is 8.54. The molecule has 0 amide bonds. The molecule has 0 fully saturated rings. The first-order valence-corrected chi connectivity index (χ1v) is 3.94. The summed E-state index contributed by atoms with van der Waals surface area (Å²) in [5.74, 6) is 0. The molecule has 12 heavy (non-hydrogen) atoms. The van der Waals surface area contributed by atoms with Crippen molar-refractivity contribution in [3.63, 3.8) is 0 Å². The third-order valence-electron chi connectivity index (χ3n) is 1.47. The van der Waals surface area contributed by atoms with E-state index in [0.29, 0.717) is 6.42 Å². The van der Waals surface area contributed by atoms with Crippen molar-refractivity contribution in [3.05, 3.63) is 24.5 Å². The van der Waals surface area contributed by atoms with Gasteiger partial charge in [-0.1, -0.05) is 0 Å². The Balaban J connectivity index is 2.21. The van der Waals surface area contributed by atoms with Crippen LogP contribution in [-0.4, -0.2) is 11.5 Å². The van der Waals surface area contributed by atoms with Gasteiger partial charge in [0.1, 0.15) is 0 Å². The molecule has 0 unspecified atom stereocenters. The molecule has 0 saturated carbocycles. The Bertz CT molecular complexity index is 250. The molecule has 0 aliphatic rings. The molecule has 1 aromatic heterocycles. The molecule has 0 saturated heterocycles. The van der Waals surface area contributed by atoms with Gasteiger partial charge in [0.25, 0.3) is 0 Å². The Morgan fingerprint density at radius 3 is 2.83 bits per heavy atom. The zero-order valence-electron chi connectivity index (χ0n) is 6.83. The highest BCUT2D eigenvalue weighted by atomic mass is 14.9. The number of nitriles is 1. The summed E-state index contributed by atoms with van der Waals surface area (Å²) in [5.41, 5.74) is 1.06. The van der Waals surface area contributed by atoms with Crippen LogP contribution in [0.3, 0.4) is 0 Å². The molecule has 3 heteroatoms. The van der Waals surface area contributed by atoms with Crippen molar-refractivity contribution in [1.82, 2.24) is 4.98 Å². The standard InChI is InChI=1S/C9H11N3/c10-5-1-2-6-12-9-3-7-11-8-4-9/h3-4,7-8H,1-2,6H2,(H,11,12). The quantitative estimate of drug-likeness (QED) is 0.685. The highest BCUT2D eigenvalue weighted by Gasteiger charge is 1.88. The fourth-order valence-corrected chi connectivity index (χ4v) is 0.870. The Morgan fingerprint density at radius 1 is 1.42 bits per heavy atom. The van der Waals surface area contributed by atoms with Gasteiger partial charge < -0.3 is 5.32 Å². The number of nitrogens with one attached hydrogen (secondary N) is 1. The maximum atomic E-state index is 8.28. The Hall–Kier alpha value is -1.56. The van der Waals surface area contributed by atoms with Gasteiger partial charge in [-0.2, -0.15) is 5.26 Å². The van der Waals surface area contributed by atoms with Crippen LogP contribution in [0.1, 0.15) is 12.8 Å². The van der Waals surface area contributed by atoms with E-state index in [1.165, 1.54) is 0 Å². The van der Waals surface area contributed by atoms with E-state index < -0.39 is 0 Å². The van der Waals surface area contributed by atoms with Crippen LogP contribution in [0.5, 0.6) is 0 Å². The lowest BCUT2D eigenvalue weighted by Crippen LogP contribution is -2.00. The molecule has 0 bridgehead atoms. The largest absolute Gasteiger partial charge is 0.385 e. The molecule has 1 rings (SSSR count). The van der Waals surface area contributed by atoms with E-state index in [2.05, 4.69) is 16.4 Å². The molecule has 1 N–H and O–H groups in total. The summed E-state index contributed by atoms with van der Waals surface area (Å²) in [6.45, 7) is 0.845. The van der Waals surface area contributed by atoms with Crippen molar-refractivity contribution in [2.24, 2.45) is 0 Å². The normalized spacial score (nSPS) is 8.92. The first-order valence-electron chi connectivity index (χ1n) is 3.94. The van der Waals surface area contributed by atoms with Crippen molar-refractivity contribution in [2.75, 3.05) is 11.9 Å². The van der Waals surface area contributed by atoms with E-state index in [4.69, 9.17) is 5.26 Å². The number of aromatic nitrogens is 1. The third-order valence-corrected chi connectivity index (χ3v) is 1.47. The summed E-state index contributed by atoms with van der Waals surface area (Å²) >= 11 is 0. The molecule has 0 aliphatic heterocycles. The van der Waals surface area contributed by atoms with Crippen LogP contribution in [0.25, 0.3) is 0 Å². The SMILES string of the molecule is N#CCCCNc1ccncc1. The summed E-state index contributed by atoms with van der Waals surface area (Å²) < 4.78 is 0. The van der Waals surface area contributed by atoms with E-state index in [9.17, 15) is 0 Å². The average molecular weight is 161 g/mol. The molecular weight excluding hydrogens is 150 g/mol. The zero-order valence-corrected chi connectivity index (χ0v) is 6.83. The number of rotatable bonds is 4. The van der Waals surface area contributed by atoms with E-state index in [1.807, 2.05) is 12.1 Å². The fraction of sp³-hybridized carbons (Fsp3) is 0.333. The fourth-order valence-electron chi connectivity index (χ4n) is 0.870. The minimum absolute atomic E-state index is 0.609. The number of nitrogens with zero attached hydrogens (tertiary/aromatic N) is 2. The topological polar surface area (TPSA) is 48.7 Å². The Labute approximate surface area is 72.1 Å². The average Bonchev–Trinajstić information content (AvgIpc) is 2.14. The lowest BCUT2D eigenvalue weighted by atomic mass is 10.3. The molecule has 1 aromatic rings. The zero-order chi connectivity index (χ0) is 8.65. The lowest BCUT2D eigenvalue weighted by Gasteiger charge is -2.02. The maximum absolute atomic E-state index is 8.28. The third kappa shape index (κ3) is 3.02. The van der Waals surface area contributed by atoms with E-state index >= 15 is 0 Å². The minimum atomic E-state index is 0.609. The number of hydrogen-bond donors (Lipinski definition) is 1. The molecule has 0 aromatic carbocycles. The second kappa shape index (κ2) is 5.14. The Morgan fingerprint density at radius 2 is 2.17 bits per heavy atom. The molecule has 0 radical (unpaired) electrons. The van der Waals surface area contributed by atoms with Gasteiger partial charge in [0, 0.05) is 31.0 Å². The van der Waals surface area contributed by atoms with Crippen LogP contribution < -0.4 is 5.32 Å². The van der Waals surface area contributed by atoms with E-state index in [1.54, 1.807) is 12.4 Å². The molecule has 0 spiro atoms. The van der Waals surface area contributed by atoms with Crippen LogP contribution in [0.2, 0.25) is 0 Å².